The maximum absolute atomic E-state index is 12.4. The van der Waals surface area contributed by atoms with Crippen LogP contribution in [0.5, 0.6) is 5.75 Å². The highest BCUT2D eigenvalue weighted by molar-refractivity contribution is 7.92. The summed E-state index contributed by atoms with van der Waals surface area (Å²) in [4.78, 5) is 16.0. The van der Waals surface area contributed by atoms with Gasteiger partial charge in [0.15, 0.2) is 6.61 Å². The first-order valence-electron chi connectivity index (χ1n) is 8.14. The molecule has 2 aromatic carbocycles. The Morgan fingerprint density at radius 2 is 1.71 bits per heavy atom. The van der Waals surface area contributed by atoms with Crippen LogP contribution >= 0.6 is 11.6 Å². The van der Waals surface area contributed by atoms with E-state index in [0.29, 0.717) is 16.5 Å². The molecule has 2 N–H and O–H groups in total. The molecular weight excluding hydrogens is 402 g/mol. The molecule has 0 aliphatic heterocycles. The predicted molar refractivity (Wildman–Crippen MR) is 107 cm³/mol. The summed E-state index contributed by atoms with van der Waals surface area (Å²) in [5.41, 5.74) is 0.446. The van der Waals surface area contributed by atoms with E-state index in [1.807, 2.05) is 0 Å². The largest absolute Gasteiger partial charge is 0.484 e. The first kappa shape index (κ1) is 19.7. The molecule has 0 unspecified atom stereocenters. The van der Waals surface area contributed by atoms with Crippen molar-refractivity contribution < 1.29 is 17.9 Å². The van der Waals surface area contributed by atoms with E-state index in [1.165, 1.54) is 30.5 Å². The normalized spacial score (nSPS) is 10.9. The van der Waals surface area contributed by atoms with E-state index in [-0.39, 0.29) is 23.2 Å². The van der Waals surface area contributed by atoms with Crippen molar-refractivity contribution in [3.8, 4) is 5.75 Å². The maximum Gasteiger partial charge on any atom is 0.263 e. The zero-order valence-electron chi connectivity index (χ0n) is 14.5. The highest BCUT2D eigenvalue weighted by Crippen LogP contribution is 2.18. The van der Waals surface area contributed by atoms with Crippen LogP contribution in [0.15, 0.2) is 77.8 Å². The van der Waals surface area contributed by atoms with Gasteiger partial charge in [-0.25, -0.2) is 13.4 Å². The lowest BCUT2D eigenvalue weighted by Crippen LogP contribution is -2.20. The zero-order valence-corrected chi connectivity index (χ0v) is 16.1. The Labute approximate surface area is 167 Å². The summed E-state index contributed by atoms with van der Waals surface area (Å²) in [7, 11) is -3.77. The smallest absolute Gasteiger partial charge is 0.263 e. The summed E-state index contributed by atoms with van der Waals surface area (Å²) in [5.74, 6) is 0.359. The van der Waals surface area contributed by atoms with Gasteiger partial charge in [0, 0.05) is 16.9 Å². The average Bonchev–Trinajstić information content (AvgIpc) is 2.68. The molecule has 3 aromatic rings. The molecule has 1 aromatic heterocycles. The summed E-state index contributed by atoms with van der Waals surface area (Å²) in [6, 6.07) is 17.3. The van der Waals surface area contributed by atoms with Crippen LogP contribution in [-0.4, -0.2) is 25.9 Å². The van der Waals surface area contributed by atoms with Gasteiger partial charge < -0.3 is 10.1 Å². The lowest BCUT2D eigenvalue weighted by Gasteiger charge is -2.09. The van der Waals surface area contributed by atoms with E-state index in [4.69, 9.17) is 16.3 Å². The van der Waals surface area contributed by atoms with Gasteiger partial charge in [-0.2, -0.15) is 0 Å². The van der Waals surface area contributed by atoms with Gasteiger partial charge in [-0.1, -0.05) is 17.7 Å². The molecule has 0 fully saturated rings. The number of anilines is 2. The molecule has 0 bridgehead atoms. The van der Waals surface area contributed by atoms with Gasteiger partial charge in [0.05, 0.1) is 4.90 Å². The number of sulfonamides is 1. The van der Waals surface area contributed by atoms with Crippen LogP contribution in [0.4, 0.5) is 11.5 Å². The van der Waals surface area contributed by atoms with Crippen molar-refractivity contribution in [3.63, 3.8) is 0 Å². The minimum Gasteiger partial charge on any atom is -0.484 e. The van der Waals surface area contributed by atoms with Crippen LogP contribution in [-0.2, 0) is 14.8 Å². The Kier molecular flexibility index (Phi) is 6.13. The summed E-state index contributed by atoms with van der Waals surface area (Å²) >= 11 is 5.79. The Balaban J connectivity index is 1.57. The molecule has 1 heterocycles. The lowest BCUT2D eigenvalue weighted by molar-refractivity contribution is -0.118. The summed E-state index contributed by atoms with van der Waals surface area (Å²) in [6.45, 7) is -0.192. The van der Waals surface area contributed by atoms with Gasteiger partial charge in [0.25, 0.3) is 15.9 Å². The van der Waals surface area contributed by atoms with Crippen molar-refractivity contribution in [2.75, 3.05) is 16.6 Å². The molecule has 0 aliphatic rings. The molecule has 0 atom stereocenters. The lowest BCUT2D eigenvalue weighted by atomic mass is 10.3. The van der Waals surface area contributed by atoms with E-state index in [0.717, 1.165) is 0 Å². The van der Waals surface area contributed by atoms with Gasteiger partial charge >= 0.3 is 0 Å². The van der Waals surface area contributed by atoms with Crippen LogP contribution in [0.2, 0.25) is 5.02 Å². The monoisotopic (exact) mass is 417 g/mol. The summed E-state index contributed by atoms with van der Waals surface area (Å²) in [6.07, 6.45) is 1.49. The Morgan fingerprint density at radius 1 is 1.00 bits per heavy atom. The predicted octanol–water partition coefficient (Wildman–Crippen LogP) is 3.55. The number of aromatic nitrogens is 1. The Morgan fingerprint density at radius 3 is 2.36 bits per heavy atom. The molecular formula is C19H16ClN3O4S. The Hall–Kier alpha value is -3.10. The molecule has 0 spiro atoms. The van der Waals surface area contributed by atoms with Crippen LogP contribution < -0.4 is 14.8 Å². The number of amides is 1. The number of halogens is 1. The fraction of sp³-hybridized carbons (Fsp3) is 0.0526. The number of nitrogens with one attached hydrogen (secondary N) is 2. The molecule has 28 heavy (non-hydrogen) atoms. The van der Waals surface area contributed by atoms with Crippen molar-refractivity contribution >= 4 is 39.0 Å². The van der Waals surface area contributed by atoms with Gasteiger partial charge in [-0.15, -0.1) is 0 Å². The molecule has 0 radical (unpaired) electrons. The molecule has 9 heteroatoms. The fourth-order valence-electron chi connectivity index (χ4n) is 2.21. The minimum atomic E-state index is -3.77. The number of ether oxygens (including phenoxy) is 1. The number of hydrogen-bond acceptors (Lipinski definition) is 5. The van der Waals surface area contributed by atoms with E-state index in [2.05, 4.69) is 15.0 Å². The second kappa shape index (κ2) is 8.73. The third-order valence-electron chi connectivity index (χ3n) is 3.54. The molecule has 144 valence electrons. The number of hydrogen-bond donors (Lipinski definition) is 2. The molecule has 1 amide bonds. The fourth-order valence-corrected chi connectivity index (χ4v) is 3.35. The van der Waals surface area contributed by atoms with E-state index in [1.54, 1.807) is 42.5 Å². The van der Waals surface area contributed by atoms with Gasteiger partial charge in [0.1, 0.15) is 11.6 Å². The average molecular weight is 418 g/mol. The quantitative estimate of drug-likeness (QED) is 0.612. The standard InChI is InChI=1S/C19H16ClN3O4S/c20-14-4-8-16(9-5-14)27-13-19(24)22-15-6-10-17(11-7-15)28(25,26)23-18-3-1-2-12-21-18/h1-12H,13H2,(H,21,23)(H,22,24). The molecule has 0 aliphatic carbocycles. The maximum atomic E-state index is 12.4. The van der Waals surface area contributed by atoms with Gasteiger partial charge in [0.2, 0.25) is 0 Å². The first-order valence-corrected chi connectivity index (χ1v) is 10.0. The van der Waals surface area contributed by atoms with Crippen molar-refractivity contribution in [1.82, 2.24) is 4.98 Å². The number of rotatable bonds is 7. The molecule has 7 nitrogen and oxygen atoms in total. The minimum absolute atomic E-state index is 0.0496. The third-order valence-corrected chi connectivity index (χ3v) is 5.16. The number of benzene rings is 2. The third kappa shape index (κ3) is 5.45. The van der Waals surface area contributed by atoms with Gasteiger partial charge in [-0.3, -0.25) is 9.52 Å². The summed E-state index contributed by atoms with van der Waals surface area (Å²) in [5, 5.41) is 3.21. The van der Waals surface area contributed by atoms with Crippen LogP contribution in [0.25, 0.3) is 0 Å². The molecule has 0 saturated carbocycles. The zero-order chi connectivity index (χ0) is 20.0. The molecule has 0 saturated heterocycles. The van der Waals surface area contributed by atoms with E-state index < -0.39 is 10.0 Å². The highest BCUT2D eigenvalue weighted by Gasteiger charge is 2.15. The Bertz CT molecular complexity index is 1040. The van der Waals surface area contributed by atoms with Crippen LogP contribution in [0, 0.1) is 0 Å². The molecule has 3 rings (SSSR count). The van der Waals surface area contributed by atoms with Crippen LogP contribution in [0.1, 0.15) is 0 Å². The van der Waals surface area contributed by atoms with Crippen molar-refractivity contribution in [3.05, 3.63) is 77.9 Å². The second-order valence-electron chi connectivity index (χ2n) is 5.64. The number of carbonyl (C=O) groups excluding carboxylic acids is 1. The van der Waals surface area contributed by atoms with E-state index >= 15 is 0 Å². The number of pyridine rings is 1. The summed E-state index contributed by atoms with van der Waals surface area (Å²) < 4.78 is 32.4. The number of carbonyl (C=O) groups is 1. The van der Waals surface area contributed by atoms with Crippen LogP contribution in [0.3, 0.4) is 0 Å². The number of nitrogens with zero attached hydrogens (tertiary/aromatic N) is 1. The second-order valence-corrected chi connectivity index (χ2v) is 7.75. The SMILES string of the molecule is O=C(COc1ccc(Cl)cc1)Nc1ccc(S(=O)(=O)Nc2ccccn2)cc1. The van der Waals surface area contributed by atoms with Crippen molar-refractivity contribution in [1.29, 1.82) is 0 Å². The van der Waals surface area contributed by atoms with E-state index in [9.17, 15) is 13.2 Å². The van der Waals surface area contributed by atoms with Crippen molar-refractivity contribution in [2.24, 2.45) is 0 Å². The first-order chi connectivity index (χ1) is 13.4. The highest BCUT2D eigenvalue weighted by atomic mass is 35.5. The van der Waals surface area contributed by atoms with Crippen molar-refractivity contribution in [2.45, 2.75) is 4.90 Å². The topological polar surface area (TPSA) is 97.4 Å². The van der Waals surface area contributed by atoms with Gasteiger partial charge in [-0.05, 0) is 60.7 Å².